The van der Waals surface area contributed by atoms with Crippen molar-refractivity contribution >= 4 is 17.2 Å². The molecule has 1 unspecified atom stereocenters. The highest BCUT2D eigenvalue weighted by molar-refractivity contribution is 7.09. The van der Waals surface area contributed by atoms with Crippen molar-refractivity contribution in [1.29, 1.82) is 0 Å². The SMILES string of the molecule is CNC(=O)CC(CN)N(Cc1cccs1)C(C)C. The zero-order valence-electron chi connectivity index (χ0n) is 11.3. The van der Waals surface area contributed by atoms with Crippen molar-refractivity contribution in [3.63, 3.8) is 0 Å². The van der Waals surface area contributed by atoms with Crippen LogP contribution < -0.4 is 11.1 Å². The Labute approximate surface area is 113 Å². The van der Waals surface area contributed by atoms with Crippen molar-refractivity contribution < 1.29 is 4.79 Å². The van der Waals surface area contributed by atoms with Gasteiger partial charge < -0.3 is 11.1 Å². The van der Waals surface area contributed by atoms with Gasteiger partial charge in [0.25, 0.3) is 0 Å². The molecule has 0 radical (unpaired) electrons. The highest BCUT2D eigenvalue weighted by Gasteiger charge is 2.22. The van der Waals surface area contributed by atoms with Crippen LogP contribution in [-0.2, 0) is 11.3 Å². The fourth-order valence-electron chi connectivity index (χ4n) is 1.97. The smallest absolute Gasteiger partial charge is 0.221 e. The number of carbonyl (C=O) groups excluding carboxylic acids is 1. The van der Waals surface area contributed by atoms with Crippen LogP contribution in [0, 0.1) is 0 Å². The summed E-state index contributed by atoms with van der Waals surface area (Å²) < 4.78 is 0. The van der Waals surface area contributed by atoms with Gasteiger partial charge >= 0.3 is 0 Å². The molecular weight excluding hydrogens is 246 g/mol. The topological polar surface area (TPSA) is 58.4 Å². The molecule has 1 rings (SSSR count). The van der Waals surface area contributed by atoms with Crippen molar-refractivity contribution in [2.45, 2.75) is 38.9 Å². The largest absolute Gasteiger partial charge is 0.359 e. The fraction of sp³-hybridized carbons (Fsp3) is 0.615. The van der Waals surface area contributed by atoms with Gasteiger partial charge in [0, 0.05) is 43.5 Å². The molecule has 0 fully saturated rings. The standard InChI is InChI=1S/C13H23N3OS/c1-10(2)16(9-12-5-4-6-18-12)11(8-14)7-13(17)15-3/h4-6,10-11H,7-9,14H2,1-3H3,(H,15,17). The summed E-state index contributed by atoms with van der Waals surface area (Å²) in [7, 11) is 1.66. The molecule has 0 saturated carbocycles. The van der Waals surface area contributed by atoms with Crippen LogP contribution in [0.2, 0.25) is 0 Å². The van der Waals surface area contributed by atoms with E-state index in [4.69, 9.17) is 5.73 Å². The molecular formula is C13H23N3OS. The number of nitrogens with one attached hydrogen (secondary N) is 1. The molecule has 1 aromatic heterocycles. The summed E-state index contributed by atoms with van der Waals surface area (Å²) in [6.45, 7) is 5.63. The third kappa shape index (κ3) is 4.40. The van der Waals surface area contributed by atoms with Crippen molar-refractivity contribution in [1.82, 2.24) is 10.2 Å². The van der Waals surface area contributed by atoms with E-state index in [1.165, 1.54) is 4.88 Å². The molecule has 3 N–H and O–H groups in total. The summed E-state index contributed by atoms with van der Waals surface area (Å²) in [6.07, 6.45) is 0.455. The van der Waals surface area contributed by atoms with Crippen LogP contribution in [-0.4, -0.2) is 36.5 Å². The maximum atomic E-state index is 11.5. The third-order valence-electron chi connectivity index (χ3n) is 3.02. The number of hydrogen-bond donors (Lipinski definition) is 2. The summed E-state index contributed by atoms with van der Waals surface area (Å²) in [6, 6.07) is 4.62. The van der Waals surface area contributed by atoms with Gasteiger partial charge in [-0.1, -0.05) is 6.07 Å². The molecule has 0 aliphatic heterocycles. The fourth-order valence-corrected chi connectivity index (χ4v) is 2.68. The lowest BCUT2D eigenvalue weighted by Gasteiger charge is -2.33. The molecule has 0 aliphatic rings. The van der Waals surface area contributed by atoms with Gasteiger partial charge in [0.2, 0.25) is 5.91 Å². The summed E-state index contributed by atoms with van der Waals surface area (Å²) in [5.41, 5.74) is 5.83. The van der Waals surface area contributed by atoms with Gasteiger partial charge in [-0.15, -0.1) is 11.3 Å². The first kappa shape index (κ1) is 15.1. The predicted octanol–water partition coefficient (Wildman–Crippen LogP) is 1.42. The average Bonchev–Trinajstić information content (AvgIpc) is 2.85. The molecule has 0 bridgehead atoms. The first-order chi connectivity index (χ1) is 8.58. The highest BCUT2D eigenvalue weighted by Crippen LogP contribution is 2.17. The van der Waals surface area contributed by atoms with Gasteiger partial charge in [-0.25, -0.2) is 0 Å². The van der Waals surface area contributed by atoms with E-state index in [1.807, 2.05) is 0 Å². The lowest BCUT2D eigenvalue weighted by molar-refractivity contribution is -0.122. The van der Waals surface area contributed by atoms with E-state index in [0.717, 1.165) is 6.54 Å². The van der Waals surface area contributed by atoms with Gasteiger partial charge in [0.05, 0.1) is 0 Å². The Morgan fingerprint density at radius 2 is 2.28 bits per heavy atom. The van der Waals surface area contributed by atoms with E-state index in [0.29, 0.717) is 19.0 Å². The Morgan fingerprint density at radius 1 is 1.56 bits per heavy atom. The van der Waals surface area contributed by atoms with Gasteiger partial charge in [-0.2, -0.15) is 0 Å². The number of amides is 1. The van der Waals surface area contributed by atoms with Crippen LogP contribution in [0.1, 0.15) is 25.1 Å². The second-order valence-corrected chi connectivity index (χ2v) is 5.64. The molecule has 1 heterocycles. The minimum absolute atomic E-state index is 0.0438. The molecule has 0 saturated heterocycles. The molecule has 0 aliphatic carbocycles. The van der Waals surface area contributed by atoms with Crippen molar-refractivity contribution in [3.8, 4) is 0 Å². The minimum atomic E-state index is 0.0438. The lowest BCUT2D eigenvalue weighted by atomic mass is 10.1. The summed E-state index contributed by atoms with van der Waals surface area (Å²) in [5.74, 6) is 0.0438. The van der Waals surface area contributed by atoms with E-state index in [9.17, 15) is 4.79 Å². The zero-order valence-corrected chi connectivity index (χ0v) is 12.2. The van der Waals surface area contributed by atoms with Crippen molar-refractivity contribution in [2.24, 2.45) is 5.73 Å². The first-order valence-electron chi connectivity index (χ1n) is 6.27. The monoisotopic (exact) mass is 269 g/mol. The molecule has 18 heavy (non-hydrogen) atoms. The van der Waals surface area contributed by atoms with E-state index >= 15 is 0 Å². The quantitative estimate of drug-likeness (QED) is 0.787. The minimum Gasteiger partial charge on any atom is -0.359 e. The second kappa shape index (κ2) is 7.51. The summed E-state index contributed by atoms with van der Waals surface area (Å²) >= 11 is 1.74. The maximum Gasteiger partial charge on any atom is 0.221 e. The number of nitrogens with two attached hydrogens (primary N) is 1. The summed E-state index contributed by atoms with van der Waals surface area (Å²) in [4.78, 5) is 15.1. The zero-order chi connectivity index (χ0) is 13.5. The van der Waals surface area contributed by atoms with Gasteiger partial charge in [-0.05, 0) is 25.3 Å². The van der Waals surface area contributed by atoms with Crippen LogP contribution in [0.15, 0.2) is 17.5 Å². The van der Waals surface area contributed by atoms with E-state index in [-0.39, 0.29) is 11.9 Å². The van der Waals surface area contributed by atoms with Crippen LogP contribution in [0.4, 0.5) is 0 Å². The average molecular weight is 269 g/mol. The number of hydrogen-bond acceptors (Lipinski definition) is 4. The molecule has 4 nitrogen and oxygen atoms in total. The van der Waals surface area contributed by atoms with Crippen LogP contribution in [0.3, 0.4) is 0 Å². The van der Waals surface area contributed by atoms with Gasteiger partial charge in [-0.3, -0.25) is 9.69 Å². The van der Waals surface area contributed by atoms with Crippen LogP contribution in [0.5, 0.6) is 0 Å². The Kier molecular flexibility index (Phi) is 6.32. The number of rotatable bonds is 7. The summed E-state index contributed by atoms with van der Waals surface area (Å²) in [5, 5.41) is 4.74. The molecule has 1 aromatic rings. The van der Waals surface area contributed by atoms with Crippen molar-refractivity contribution in [3.05, 3.63) is 22.4 Å². The predicted molar refractivity (Wildman–Crippen MR) is 76.5 cm³/mol. The molecule has 1 amide bonds. The Morgan fingerprint density at radius 3 is 2.72 bits per heavy atom. The molecule has 0 aromatic carbocycles. The molecule has 5 heteroatoms. The normalized spacial score (nSPS) is 13.0. The first-order valence-corrected chi connectivity index (χ1v) is 7.15. The van der Waals surface area contributed by atoms with E-state index in [2.05, 4.69) is 41.6 Å². The second-order valence-electron chi connectivity index (χ2n) is 4.61. The van der Waals surface area contributed by atoms with Gasteiger partial charge in [0.15, 0.2) is 0 Å². The highest BCUT2D eigenvalue weighted by atomic mass is 32.1. The lowest BCUT2D eigenvalue weighted by Crippen LogP contribution is -2.46. The van der Waals surface area contributed by atoms with E-state index in [1.54, 1.807) is 18.4 Å². The number of carbonyl (C=O) groups is 1. The molecule has 102 valence electrons. The molecule has 0 spiro atoms. The van der Waals surface area contributed by atoms with Gasteiger partial charge in [0.1, 0.15) is 0 Å². The number of nitrogens with zero attached hydrogens (tertiary/aromatic N) is 1. The third-order valence-corrected chi connectivity index (χ3v) is 3.88. The maximum absolute atomic E-state index is 11.5. The Hall–Kier alpha value is -0.910. The van der Waals surface area contributed by atoms with Crippen LogP contribution in [0.25, 0.3) is 0 Å². The Balaban J connectivity index is 2.71. The number of thiophene rings is 1. The van der Waals surface area contributed by atoms with Crippen LogP contribution >= 0.6 is 11.3 Å². The van der Waals surface area contributed by atoms with E-state index < -0.39 is 0 Å². The van der Waals surface area contributed by atoms with Crippen molar-refractivity contribution in [2.75, 3.05) is 13.6 Å². The molecule has 1 atom stereocenters. The Bertz CT molecular complexity index is 351.